The van der Waals surface area contributed by atoms with Crippen LogP contribution in [-0.2, 0) is 4.79 Å². The number of carbonyl (C=O) groups excluding carboxylic acids is 2. The van der Waals surface area contributed by atoms with Gasteiger partial charge in [0.15, 0.2) is 0 Å². The van der Waals surface area contributed by atoms with E-state index in [1.54, 1.807) is 24.1 Å². The van der Waals surface area contributed by atoms with Gasteiger partial charge in [-0.3, -0.25) is 9.69 Å². The molecule has 1 fully saturated rings. The second kappa shape index (κ2) is 6.89. The fourth-order valence-corrected chi connectivity index (χ4v) is 3.06. The quantitative estimate of drug-likeness (QED) is 0.797. The van der Waals surface area contributed by atoms with E-state index in [0.29, 0.717) is 5.56 Å². The van der Waals surface area contributed by atoms with Crippen molar-refractivity contribution in [3.8, 4) is 0 Å². The first-order valence-corrected chi connectivity index (χ1v) is 8.07. The van der Waals surface area contributed by atoms with Crippen LogP contribution in [-0.4, -0.2) is 34.8 Å². The lowest BCUT2D eigenvalue weighted by Crippen LogP contribution is -2.35. The van der Waals surface area contributed by atoms with Gasteiger partial charge >= 0.3 is 6.03 Å². The number of benzene rings is 2. The number of likely N-dealkylation sites (N-methyl/N-ethyl adjacent to an activating group) is 1. The largest absolute Gasteiger partial charge is 0.327 e. The van der Waals surface area contributed by atoms with Gasteiger partial charge in [0.1, 0.15) is 5.82 Å². The summed E-state index contributed by atoms with van der Waals surface area (Å²) in [6, 6.07) is 14.6. The molecule has 4 nitrogen and oxygen atoms in total. The number of nitrogens with zero attached hydrogens (tertiary/aromatic N) is 2. The number of hydrogen-bond donors (Lipinski definition) is 0. The first kappa shape index (κ1) is 16.9. The summed E-state index contributed by atoms with van der Waals surface area (Å²) in [5.41, 5.74) is 1.47. The standard InChI is InChI=1S/C20H19FN2O2/c1-14-19(16-8-4-3-5-9-16)23(20(25)22(14)2)18(24)12-11-15-7-6-10-17(21)13-15/h3-14,19H,1-2H3/b12-11+. The van der Waals surface area contributed by atoms with E-state index in [0.717, 1.165) is 5.56 Å². The van der Waals surface area contributed by atoms with E-state index in [4.69, 9.17) is 0 Å². The number of rotatable bonds is 3. The van der Waals surface area contributed by atoms with Crippen molar-refractivity contribution in [3.05, 3.63) is 77.6 Å². The molecule has 0 aromatic heterocycles. The Morgan fingerprint density at radius 3 is 2.52 bits per heavy atom. The lowest BCUT2D eigenvalue weighted by Gasteiger charge is -2.23. The molecule has 0 radical (unpaired) electrons. The SMILES string of the molecule is CC1C(c2ccccc2)N(C(=O)/C=C/c2cccc(F)c2)C(=O)N1C. The van der Waals surface area contributed by atoms with E-state index in [9.17, 15) is 14.0 Å². The van der Waals surface area contributed by atoms with Crippen molar-refractivity contribution in [1.82, 2.24) is 9.80 Å². The van der Waals surface area contributed by atoms with E-state index in [2.05, 4.69) is 0 Å². The third-order valence-electron chi connectivity index (χ3n) is 4.50. The third kappa shape index (κ3) is 3.31. The summed E-state index contributed by atoms with van der Waals surface area (Å²) >= 11 is 0. The van der Waals surface area contributed by atoms with Crippen LogP contribution in [0.1, 0.15) is 24.1 Å². The monoisotopic (exact) mass is 338 g/mol. The van der Waals surface area contributed by atoms with Gasteiger partial charge in [-0.1, -0.05) is 42.5 Å². The van der Waals surface area contributed by atoms with Crippen molar-refractivity contribution in [3.63, 3.8) is 0 Å². The van der Waals surface area contributed by atoms with Crippen molar-refractivity contribution in [2.45, 2.75) is 19.0 Å². The molecule has 0 saturated carbocycles. The zero-order chi connectivity index (χ0) is 18.0. The first-order valence-electron chi connectivity index (χ1n) is 8.07. The Balaban J connectivity index is 1.89. The second-order valence-corrected chi connectivity index (χ2v) is 6.09. The van der Waals surface area contributed by atoms with Gasteiger partial charge in [0.05, 0.1) is 12.1 Å². The average molecular weight is 338 g/mol. The highest BCUT2D eigenvalue weighted by atomic mass is 19.1. The lowest BCUT2D eigenvalue weighted by atomic mass is 10.0. The first-order chi connectivity index (χ1) is 12.0. The summed E-state index contributed by atoms with van der Waals surface area (Å²) in [6.07, 6.45) is 2.83. The van der Waals surface area contributed by atoms with E-state index in [-0.39, 0.29) is 23.9 Å². The lowest BCUT2D eigenvalue weighted by molar-refractivity contribution is -0.124. The van der Waals surface area contributed by atoms with Gasteiger partial charge in [0.25, 0.3) is 5.91 Å². The minimum Gasteiger partial charge on any atom is -0.322 e. The van der Waals surface area contributed by atoms with Gasteiger partial charge in [-0.15, -0.1) is 0 Å². The molecule has 5 heteroatoms. The molecule has 0 N–H and O–H groups in total. The molecule has 2 unspecified atom stereocenters. The van der Waals surface area contributed by atoms with Crippen LogP contribution in [0.5, 0.6) is 0 Å². The summed E-state index contributed by atoms with van der Waals surface area (Å²) in [5.74, 6) is -0.790. The Kier molecular flexibility index (Phi) is 4.65. The number of hydrogen-bond acceptors (Lipinski definition) is 2. The van der Waals surface area contributed by atoms with Gasteiger partial charge in [-0.25, -0.2) is 9.18 Å². The number of halogens is 1. The molecule has 0 aliphatic carbocycles. The second-order valence-electron chi connectivity index (χ2n) is 6.09. The molecule has 25 heavy (non-hydrogen) atoms. The van der Waals surface area contributed by atoms with E-state index >= 15 is 0 Å². The van der Waals surface area contributed by atoms with Crippen molar-refractivity contribution >= 4 is 18.0 Å². The van der Waals surface area contributed by atoms with E-state index in [1.807, 2.05) is 37.3 Å². The Hall–Kier alpha value is -2.95. The van der Waals surface area contributed by atoms with Crippen LogP contribution >= 0.6 is 0 Å². The molecule has 0 spiro atoms. The van der Waals surface area contributed by atoms with Crippen molar-refractivity contribution in [1.29, 1.82) is 0 Å². The van der Waals surface area contributed by atoms with Crippen LogP contribution in [0.4, 0.5) is 9.18 Å². The molecule has 2 atom stereocenters. The Labute approximate surface area is 146 Å². The molecule has 1 aliphatic heterocycles. The van der Waals surface area contributed by atoms with Gasteiger partial charge < -0.3 is 4.90 Å². The van der Waals surface area contributed by atoms with Crippen LogP contribution in [0.2, 0.25) is 0 Å². The minimum absolute atomic E-state index is 0.138. The van der Waals surface area contributed by atoms with Crippen LogP contribution in [0.25, 0.3) is 6.08 Å². The molecular formula is C20H19FN2O2. The topological polar surface area (TPSA) is 40.6 Å². The van der Waals surface area contributed by atoms with Crippen LogP contribution < -0.4 is 0 Å². The van der Waals surface area contributed by atoms with Gasteiger partial charge in [0.2, 0.25) is 0 Å². The smallest absolute Gasteiger partial charge is 0.322 e. The Morgan fingerprint density at radius 1 is 1.12 bits per heavy atom. The Bertz CT molecular complexity index is 819. The summed E-state index contributed by atoms with van der Waals surface area (Å²) in [6.45, 7) is 1.92. The predicted molar refractivity (Wildman–Crippen MR) is 94.1 cm³/mol. The maximum atomic E-state index is 13.3. The summed E-state index contributed by atoms with van der Waals surface area (Å²) < 4.78 is 13.3. The summed E-state index contributed by atoms with van der Waals surface area (Å²) in [4.78, 5) is 28.1. The number of carbonyl (C=O) groups is 2. The third-order valence-corrected chi connectivity index (χ3v) is 4.50. The van der Waals surface area contributed by atoms with Crippen molar-refractivity contribution in [2.75, 3.05) is 7.05 Å². The van der Waals surface area contributed by atoms with Gasteiger partial charge in [-0.05, 0) is 36.3 Å². The number of urea groups is 1. The van der Waals surface area contributed by atoms with Crippen LogP contribution in [0.3, 0.4) is 0 Å². The summed E-state index contributed by atoms with van der Waals surface area (Å²) in [5, 5.41) is 0. The van der Waals surface area contributed by atoms with Crippen molar-refractivity contribution in [2.24, 2.45) is 0 Å². The molecule has 3 rings (SSSR count). The fraction of sp³-hybridized carbons (Fsp3) is 0.200. The molecule has 2 aromatic carbocycles. The maximum Gasteiger partial charge on any atom is 0.327 e. The minimum atomic E-state index is -0.417. The maximum absolute atomic E-state index is 13.3. The summed E-state index contributed by atoms with van der Waals surface area (Å²) in [7, 11) is 1.69. The molecule has 1 heterocycles. The highest BCUT2D eigenvalue weighted by molar-refractivity contribution is 6.04. The number of imide groups is 1. The fourth-order valence-electron chi connectivity index (χ4n) is 3.06. The molecule has 3 amide bonds. The normalized spacial score (nSPS) is 20.5. The molecule has 1 aliphatic rings. The van der Waals surface area contributed by atoms with Crippen LogP contribution in [0.15, 0.2) is 60.7 Å². The number of amides is 3. The van der Waals surface area contributed by atoms with Crippen molar-refractivity contribution < 1.29 is 14.0 Å². The zero-order valence-corrected chi connectivity index (χ0v) is 14.1. The molecule has 0 bridgehead atoms. The highest BCUT2D eigenvalue weighted by Gasteiger charge is 2.44. The Morgan fingerprint density at radius 2 is 1.84 bits per heavy atom. The predicted octanol–water partition coefficient (Wildman–Crippen LogP) is 3.86. The molecule has 2 aromatic rings. The molecular weight excluding hydrogens is 319 g/mol. The zero-order valence-electron chi connectivity index (χ0n) is 14.1. The average Bonchev–Trinajstić information content (AvgIpc) is 2.85. The van der Waals surface area contributed by atoms with E-state index < -0.39 is 5.91 Å². The molecule has 128 valence electrons. The molecule has 1 saturated heterocycles. The van der Waals surface area contributed by atoms with Gasteiger partial charge in [-0.2, -0.15) is 0 Å². The highest BCUT2D eigenvalue weighted by Crippen LogP contribution is 2.34. The van der Waals surface area contributed by atoms with E-state index in [1.165, 1.54) is 29.2 Å². The van der Waals surface area contributed by atoms with Gasteiger partial charge in [0, 0.05) is 13.1 Å². The van der Waals surface area contributed by atoms with Crippen LogP contribution in [0, 0.1) is 5.82 Å².